The number of ether oxygens (including phenoxy) is 1. The van der Waals surface area contributed by atoms with Gasteiger partial charge in [0.1, 0.15) is 11.4 Å². The Morgan fingerprint density at radius 2 is 1.82 bits per heavy atom. The Hall–Kier alpha value is -4.46. The molecule has 2 aromatic carbocycles. The van der Waals surface area contributed by atoms with E-state index >= 15 is 0 Å². The van der Waals surface area contributed by atoms with Crippen molar-refractivity contribution in [3.05, 3.63) is 72.6 Å². The maximum absolute atomic E-state index is 13.0. The molecule has 0 aliphatic heterocycles. The zero-order valence-corrected chi connectivity index (χ0v) is 18.5. The van der Waals surface area contributed by atoms with Crippen LogP contribution in [0.4, 0.5) is 0 Å². The van der Waals surface area contributed by atoms with Gasteiger partial charge in [0.05, 0.1) is 12.8 Å². The summed E-state index contributed by atoms with van der Waals surface area (Å²) in [5.41, 5.74) is 6.24. The largest absolute Gasteiger partial charge is 0.496 e. The molecule has 0 aliphatic carbocycles. The lowest BCUT2D eigenvalue weighted by Crippen LogP contribution is -2.22. The number of pyridine rings is 1. The zero-order valence-electron chi connectivity index (χ0n) is 18.5. The van der Waals surface area contributed by atoms with E-state index in [1.54, 1.807) is 38.5 Å². The number of amides is 1. The number of aromatic nitrogens is 5. The summed E-state index contributed by atoms with van der Waals surface area (Å²) in [7, 11) is 5.12. The van der Waals surface area contributed by atoms with Gasteiger partial charge in [-0.1, -0.05) is 24.3 Å². The highest BCUT2D eigenvalue weighted by molar-refractivity contribution is 6.02. The molecular formula is C25H22N6O2. The molecule has 0 saturated carbocycles. The van der Waals surface area contributed by atoms with Gasteiger partial charge in [0.2, 0.25) is 0 Å². The second-order valence-electron chi connectivity index (χ2n) is 7.82. The normalized spacial score (nSPS) is 11.0. The number of hydrogen-bond donors (Lipinski definition) is 2. The van der Waals surface area contributed by atoms with Crippen LogP contribution in [0.1, 0.15) is 10.4 Å². The molecule has 0 atom stereocenters. The molecule has 1 amide bonds. The second kappa shape index (κ2) is 8.23. The van der Waals surface area contributed by atoms with Crippen molar-refractivity contribution >= 4 is 16.9 Å². The minimum atomic E-state index is -0.0893. The minimum Gasteiger partial charge on any atom is -0.496 e. The second-order valence-corrected chi connectivity index (χ2v) is 7.82. The Morgan fingerprint density at radius 3 is 2.58 bits per heavy atom. The van der Waals surface area contributed by atoms with Gasteiger partial charge in [0.15, 0.2) is 5.65 Å². The highest BCUT2D eigenvalue weighted by Gasteiger charge is 2.18. The van der Waals surface area contributed by atoms with Crippen LogP contribution in [-0.4, -0.2) is 57.4 Å². The van der Waals surface area contributed by atoms with E-state index in [-0.39, 0.29) is 5.91 Å². The van der Waals surface area contributed by atoms with E-state index in [9.17, 15) is 4.79 Å². The van der Waals surface area contributed by atoms with Gasteiger partial charge in [-0.25, -0.2) is 4.98 Å². The Morgan fingerprint density at radius 1 is 0.970 bits per heavy atom. The lowest BCUT2D eigenvalue weighted by atomic mass is 9.96. The quantitative estimate of drug-likeness (QED) is 0.424. The lowest BCUT2D eigenvalue weighted by Gasteiger charge is -2.15. The first-order valence-electron chi connectivity index (χ1n) is 10.4. The smallest absolute Gasteiger partial charge is 0.254 e. The number of carbonyl (C=O) groups excluding carboxylic acids is 1. The molecule has 0 spiro atoms. The number of hydrogen-bond acceptors (Lipinski definition) is 5. The number of carbonyl (C=O) groups is 1. The van der Waals surface area contributed by atoms with Crippen LogP contribution in [0, 0.1) is 0 Å². The number of nitrogens with zero attached hydrogens (tertiary/aromatic N) is 4. The Balaban J connectivity index is 1.65. The molecular weight excluding hydrogens is 416 g/mol. The molecule has 0 unspecified atom stereocenters. The van der Waals surface area contributed by atoms with Crippen molar-refractivity contribution in [2.45, 2.75) is 0 Å². The first kappa shape index (κ1) is 20.4. The summed E-state index contributed by atoms with van der Waals surface area (Å²) >= 11 is 0. The average molecular weight is 438 g/mol. The van der Waals surface area contributed by atoms with Crippen molar-refractivity contribution in [1.82, 2.24) is 30.3 Å². The third-order valence-corrected chi connectivity index (χ3v) is 5.56. The standard InChI is InChI=1S/C25H22N6O2/c1-31(2)25(32)19-12-15(8-9-17(19)21-10-11-27-28-21)16-13-20-23(29-30-24(20)26-14-16)18-6-4-5-7-22(18)33-3/h4-14H,1-3H3,(H,27,28)(H,26,29,30). The lowest BCUT2D eigenvalue weighted by molar-refractivity contribution is 0.0828. The predicted molar refractivity (Wildman–Crippen MR) is 127 cm³/mol. The molecule has 0 fully saturated rings. The van der Waals surface area contributed by atoms with Crippen LogP contribution in [0.5, 0.6) is 5.75 Å². The van der Waals surface area contributed by atoms with Crippen molar-refractivity contribution < 1.29 is 9.53 Å². The van der Waals surface area contributed by atoms with E-state index in [0.29, 0.717) is 11.2 Å². The van der Waals surface area contributed by atoms with Gasteiger partial charge in [-0.3, -0.25) is 15.0 Å². The molecule has 5 rings (SSSR count). The van der Waals surface area contributed by atoms with Crippen molar-refractivity contribution in [2.75, 3.05) is 21.2 Å². The maximum atomic E-state index is 13.0. The van der Waals surface area contributed by atoms with Crippen LogP contribution in [0.15, 0.2) is 67.0 Å². The van der Waals surface area contributed by atoms with E-state index in [0.717, 1.165) is 44.8 Å². The first-order chi connectivity index (χ1) is 16.1. The third-order valence-electron chi connectivity index (χ3n) is 5.56. The number of H-pyrrole nitrogens is 2. The maximum Gasteiger partial charge on any atom is 0.254 e. The number of para-hydroxylation sites is 1. The summed E-state index contributed by atoms with van der Waals surface area (Å²) in [5.74, 6) is 0.646. The molecule has 5 aromatic rings. The average Bonchev–Trinajstić information content (AvgIpc) is 3.53. The number of aromatic amines is 2. The number of fused-ring (bicyclic) bond motifs is 1. The summed E-state index contributed by atoms with van der Waals surface area (Å²) in [5, 5.41) is 15.3. The fourth-order valence-corrected chi connectivity index (χ4v) is 3.89. The highest BCUT2D eigenvalue weighted by Crippen LogP contribution is 2.35. The Labute approximate surface area is 190 Å². The van der Waals surface area contributed by atoms with Crippen LogP contribution in [-0.2, 0) is 0 Å². The SMILES string of the molecule is COc1ccccc1-c1n[nH]c2ncc(-c3ccc(-c4ccn[nH]4)c(C(=O)N(C)C)c3)cc12. The molecule has 0 saturated heterocycles. The number of rotatable bonds is 5. The van der Waals surface area contributed by atoms with Gasteiger partial charge in [-0.2, -0.15) is 10.2 Å². The van der Waals surface area contributed by atoms with Crippen molar-refractivity contribution in [3.8, 4) is 39.4 Å². The molecule has 33 heavy (non-hydrogen) atoms. The number of benzene rings is 2. The molecule has 2 N–H and O–H groups in total. The van der Waals surface area contributed by atoms with Crippen molar-refractivity contribution in [1.29, 1.82) is 0 Å². The van der Waals surface area contributed by atoms with Gasteiger partial charge in [-0.15, -0.1) is 0 Å². The predicted octanol–water partition coefficient (Wildman–Crippen LogP) is 4.39. The van der Waals surface area contributed by atoms with E-state index in [1.807, 2.05) is 54.6 Å². The molecule has 3 heterocycles. The fourth-order valence-electron chi connectivity index (χ4n) is 3.89. The summed E-state index contributed by atoms with van der Waals surface area (Å²) in [6.07, 6.45) is 3.45. The van der Waals surface area contributed by atoms with Gasteiger partial charge < -0.3 is 9.64 Å². The summed E-state index contributed by atoms with van der Waals surface area (Å²) in [6, 6.07) is 17.4. The molecule has 0 bridgehead atoms. The van der Waals surface area contributed by atoms with E-state index in [1.165, 1.54) is 0 Å². The third kappa shape index (κ3) is 3.61. The topological polar surface area (TPSA) is 99.8 Å². The van der Waals surface area contributed by atoms with Crippen molar-refractivity contribution in [2.24, 2.45) is 0 Å². The molecule has 3 aromatic heterocycles. The molecule has 0 aliphatic rings. The molecule has 164 valence electrons. The van der Waals surface area contributed by atoms with Gasteiger partial charge in [0.25, 0.3) is 5.91 Å². The van der Waals surface area contributed by atoms with Crippen LogP contribution in [0.3, 0.4) is 0 Å². The number of nitrogens with one attached hydrogen (secondary N) is 2. The fraction of sp³-hybridized carbons (Fsp3) is 0.120. The Bertz CT molecular complexity index is 1450. The van der Waals surface area contributed by atoms with Crippen LogP contribution in [0.25, 0.3) is 44.7 Å². The molecule has 8 heteroatoms. The minimum absolute atomic E-state index is 0.0893. The summed E-state index contributed by atoms with van der Waals surface area (Å²) < 4.78 is 5.52. The first-order valence-corrected chi connectivity index (χ1v) is 10.4. The van der Waals surface area contributed by atoms with Crippen molar-refractivity contribution in [3.63, 3.8) is 0 Å². The van der Waals surface area contributed by atoms with Gasteiger partial charge in [-0.05, 0) is 35.9 Å². The molecule has 0 radical (unpaired) electrons. The number of methoxy groups -OCH3 is 1. The van der Waals surface area contributed by atoms with Gasteiger partial charge >= 0.3 is 0 Å². The molecule has 8 nitrogen and oxygen atoms in total. The monoisotopic (exact) mass is 438 g/mol. The Kier molecular flexibility index (Phi) is 5.10. The highest BCUT2D eigenvalue weighted by atomic mass is 16.5. The summed E-state index contributed by atoms with van der Waals surface area (Å²) in [4.78, 5) is 19.1. The van der Waals surface area contributed by atoms with E-state index in [4.69, 9.17) is 4.74 Å². The van der Waals surface area contributed by atoms with Gasteiger partial charge in [0, 0.05) is 54.1 Å². The van der Waals surface area contributed by atoms with Crippen LogP contribution < -0.4 is 4.74 Å². The van der Waals surface area contributed by atoms with E-state index < -0.39 is 0 Å². The van der Waals surface area contributed by atoms with Crippen LogP contribution in [0.2, 0.25) is 0 Å². The van der Waals surface area contributed by atoms with E-state index in [2.05, 4.69) is 25.4 Å². The van der Waals surface area contributed by atoms with Crippen LogP contribution >= 0.6 is 0 Å². The zero-order chi connectivity index (χ0) is 22.9. The summed E-state index contributed by atoms with van der Waals surface area (Å²) in [6.45, 7) is 0.